The molecule has 1 aliphatic heterocycles. The number of anilines is 1. The lowest BCUT2D eigenvalue weighted by Gasteiger charge is -2.42. The van der Waals surface area contributed by atoms with Crippen LogP contribution in [0.5, 0.6) is 0 Å². The highest BCUT2D eigenvalue weighted by molar-refractivity contribution is 6.43. The van der Waals surface area contributed by atoms with Gasteiger partial charge < -0.3 is 15.7 Å². The number of aliphatic hydroxyl groups excluding tert-OH is 1. The van der Waals surface area contributed by atoms with Crippen LogP contribution in [0.1, 0.15) is 29.8 Å². The number of nitrogens with two attached hydrogens (primary N) is 1. The van der Waals surface area contributed by atoms with Crippen molar-refractivity contribution in [3.8, 4) is 11.3 Å². The van der Waals surface area contributed by atoms with E-state index in [1.54, 1.807) is 6.07 Å². The van der Waals surface area contributed by atoms with Gasteiger partial charge >= 0.3 is 0 Å². The van der Waals surface area contributed by atoms with Crippen molar-refractivity contribution in [3.63, 3.8) is 0 Å². The standard InChI is InChI=1S/C25H28Cl2N4O/c1-17-23(19-8-5-9-20(26)22(19)27)30-21(15-32)24(29-17)31-12-10-25(16-28,11-13-31)14-18-6-3-2-4-7-18/h2-9,32H,10-16,28H2,1H3. The number of hydrogen-bond donors (Lipinski definition) is 2. The maximum Gasteiger partial charge on any atom is 0.153 e. The van der Waals surface area contributed by atoms with Crippen molar-refractivity contribution < 1.29 is 5.11 Å². The van der Waals surface area contributed by atoms with Crippen molar-refractivity contribution in [2.45, 2.75) is 32.8 Å². The van der Waals surface area contributed by atoms with Gasteiger partial charge in [-0.05, 0) is 49.8 Å². The monoisotopic (exact) mass is 470 g/mol. The maximum absolute atomic E-state index is 10.1. The average Bonchev–Trinajstić information content (AvgIpc) is 2.82. The van der Waals surface area contributed by atoms with Crippen LogP contribution in [0.3, 0.4) is 0 Å². The fourth-order valence-corrected chi connectivity index (χ4v) is 4.91. The van der Waals surface area contributed by atoms with Crippen molar-refractivity contribution in [2.24, 2.45) is 11.1 Å². The fourth-order valence-electron chi connectivity index (χ4n) is 4.52. The van der Waals surface area contributed by atoms with E-state index >= 15 is 0 Å². The van der Waals surface area contributed by atoms with Gasteiger partial charge in [0, 0.05) is 18.7 Å². The van der Waals surface area contributed by atoms with Crippen molar-refractivity contribution in [1.29, 1.82) is 0 Å². The number of aryl methyl sites for hydroxylation is 1. The zero-order chi connectivity index (χ0) is 22.7. The van der Waals surface area contributed by atoms with E-state index in [0.29, 0.717) is 33.5 Å². The summed E-state index contributed by atoms with van der Waals surface area (Å²) >= 11 is 12.6. The van der Waals surface area contributed by atoms with Gasteiger partial charge in [0.25, 0.3) is 0 Å². The Balaban J connectivity index is 1.58. The highest BCUT2D eigenvalue weighted by atomic mass is 35.5. The summed E-state index contributed by atoms with van der Waals surface area (Å²) in [6, 6.07) is 16.0. The Labute approximate surface area is 199 Å². The van der Waals surface area contributed by atoms with Gasteiger partial charge in [0.05, 0.1) is 28.0 Å². The summed E-state index contributed by atoms with van der Waals surface area (Å²) in [5.74, 6) is 0.734. The van der Waals surface area contributed by atoms with Crippen molar-refractivity contribution >= 4 is 29.0 Å². The first-order valence-corrected chi connectivity index (χ1v) is 11.6. The van der Waals surface area contributed by atoms with Crippen molar-refractivity contribution in [2.75, 3.05) is 24.5 Å². The quantitative estimate of drug-likeness (QED) is 0.527. The Kier molecular flexibility index (Phi) is 7.01. The second kappa shape index (κ2) is 9.75. The minimum atomic E-state index is -0.198. The molecule has 1 saturated heterocycles. The summed E-state index contributed by atoms with van der Waals surface area (Å²) in [4.78, 5) is 11.8. The Hall–Kier alpha value is -2.18. The Morgan fingerprint density at radius 2 is 1.75 bits per heavy atom. The summed E-state index contributed by atoms with van der Waals surface area (Å²) in [6.45, 7) is 4.01. The third-order valence-electron chi connectivity index (χ3n) is 6.46. The highest BCUT2D eigenvalue weighted by Crippen LogP contribution is 2.38. The van der Waals surface area contributed by atoms with Crippen LogP contribution in [0.25, 0.3) is 11.3 Å². The lowest BCUT2D eigenvalue weighted by molar-refractivity contribution is 0.224. The zero-order valence-corrected chi connectivity index (χ0v) is 19.7. The van der Waals surface area contributed by atoms with E-state index in [1.807, 2.05) is 25.1 Å². The molecule has 2 aromatic carbocycles. The summed E-state index contributed by atoms with van der Waals surface area (Å²) in [5, 5.41) is 11.0. The first-order valence-electron chi connectivity index (χ1n) is 10.9. The number of rotatable bonds is 6. The van der Waals surface area contributed by atoms with E-state index in [1.165, 1.54) is 5.56 Å². The number of hydrogen-bond acceptors (Lipinski definition) is 5. The molecule has 0 saturated carbocycles. The van der Waals surface area contributed by atoms with Gasteiger partial charge in [0.15, 0.2) is 5.82 Å². The topological polar surface area (TPSA) is 75.3 Å². The van der Waals surface area contributed by atoms with Crippen LogP contribution in [0.15, 0.2) is 48.5 Å². The summed E-state index contributed by atoms with van der Waals surface area (Å²) < 4.78 is 0. The van der Waals surface area contributed by atoms with Crippen molar-refractivity contribution in [1.82, 2.24) is 9.97 Å². The van der Waals surface area contributed by atoms with Gasteiger partial charge in [-0.2, -0.15) is 0 Å². The number of piperidine rings is 1. The molecule has 32 heavy (non-hydrogen) atoms. The molecule has 3 N–H and O–H groups in total. The van der Waals surface area contributed by atoms with Gasteiger partial charge in [-0.1, -0.05) is 65.7 Å². The molecule has 1 aromatic heterocycles. The molecule has 1 aliphatic rings. The van der Waals surface area contributed by atoms with E-state index < -0.39 is 0 Å². The van der Waals surface area contributed by atoms with Gasteiger partial charge in [-0.15, -0.1) is 0 Å². The fraction of sp³-hybridized carbons (Fsp3) is 0.360. The molecule has 0 amide bonds. The van der Waals surface area contributed by atoms with Crippen LogP contribution in [0, 0.1) is 12.3 Å². The molecular weight excluding hydrogens is 443 g/mol. The molecule has 2 heterocycles. The third kappa shape index (κ3) is 4.62. The SMILES string of the molecule is Cc1nc(N2CCC(CN)(Cc3ccccc3)CC2)c(CO)nc1-c1cccc(Cl)c1Cl. The average molecular weight is 471 g/mol. The Morgan fingerprint density at radius 1 is 1.03 bits per heavy atom. The van der Waals surface area contributed by atoms with Gasteiger partial charge in [0.2, 0.25) is 0 Å². The minimum Gasteiger partial charge on any atom is -0.390 e. The molecule has 0 radical (unpaired) electrons. The second-order valence-corrected chi connectivity index (χ2v) is 9.33. The molecule has 0 bridgehead atoms. The number of benzene rings is 2. The molecule has 0 atom stereocenters. The van der Waals surface area contributed by atoms with E-state index in [-0.39, 0.29) is 12.0 Å². The second-order valence-electron chi connectivity index (χ2n) is 8.54. The molecule has 0 spiro atoms. The minimum absolute atomic E-state index is 0.0773. The molecule has 1 fully saturated rings. The van der Waals surface area contributed by atoms with E-state index in [9.17, 15) is 5.11 Å². The number of halogens is 2. The maximum atomic E-state index is 10.1. The van der Waals surface area contributed by atoms with Crippen LogP contribution in [-0.2, 0) is 13.0 Å². The first kappa shape index (κ1) is 23.0. The number of nitrogens with zero attached hydrogens (tertiary/aromatic N) is 3. The van der Waals surface area contributed by atoms with Crippen LogP contribution in [0.4, 0.5) is 5.82 Å². The predicted molar refractivity (Wildman–Crippen MR) is 131 cm³/mol. The van der Waals surface area contributed by atoms with E-state index in [0.717, 1.165) is 43.9 Å². The van der Waals surface area contributed by atoms with Crippen LogP contribution in [0.2, 0.25) is 10.0 Å². The van der Waals surface area contributed by atoms with E-state index in [4.69, 9.17) is 38.9 Å². The normalized spacial score (nSPS) is 15.7. The Bertz CT molecular complexity index is 1080. The lowest BCUT2D eigenvalue weighted by Crippen LogP contribution is -2.45. The number of aromatic nitrogens is 2. The molecule has 7 heteroatoms. The largest absolute Gasteiger partial charge is 0.390 e. The lowest BCUT2D eigenvalue weighted by atomic mass is 9.74. The van der Waals surface area contributed by atoms with Gasteiger partial charge in [0.1, 0.15) is 5.69 Å². The molecule has 4 rings (SSSR count). The molecule has 0 aliphatic carbocycles. The van der Waals surface area contributed by atoms with Crippen LogP contribution in [-0.4, -0.2) is 34.7 Å². The zero-order valence-electron chi connectivity index (χ0n) is 18.2. The van der Waals surface area contributed by atoms with Crippen LogP contribution < -0.4 is 10.6 Å². The molecule has 3 aromatic rings. The first-order chi connectivity index (χ1) is 15.5. The van der Waals surface area contributed by atoms with Gasteiger partial charge in [-0.25, -0.2) is 9.97 Å². The molecule has 168 valence electrons. The smallest absolute Gasteiger partial charge is 0.153 e. The van der Waals surface area contributed by atoms with Crippen LogP contribution >= 0.6 is 23.2 Å². The van der Waals surface area contributed by atoms with E-state index in [2.05, 4.69) is 29.2 Å². The molecule has 0 unspecified atom stereocenters. The highest BCUT2D eigenvalue weighted by Gasteiger charge is 2.35. The number of aliphatic hydroxyl groups is 1. The molecular formula is C25H28Cl2N4O. The Morgan fingerprint density at radius 3 is 2.41 bits per heavy atom. The van der Waals surface area contributed by atoms with Gasteiger partial charge in [-0.3, -0.25) is 0 Å². The summed E-state index contributed by atoms with van der Waals surface area (Å²) in [6.07, 6.45) is 2.90. The molecule has 5 nitrogen and oxygen atoms in total. The predicted octanol–water partition coefficient (Wildman–Crippen LogP) is 5.04. The summed E-state index contributed by atoms with van der Waals surface area (Å²) in [7, 11) is 0. The third-order valence-corrected chi connectivity index (χ3v) is 7.28. The van der Waals surface area contributed by atoms with Crippen molar-refractivity contribution in [3.05, 3.63) is 75.5 Å². The summed E-state index contributed by atoms with van der Waals surface area (Å²) in [5.41, 5.74) is 10.3.